The Morgan fingerprint density at radius 2 is 1.86 bits per heavy atom. The molecule has 0 aromatic heterocycles. The molecule has 0 heterocycles. The number of phenols is 1. The molecule has 0 saturated heterocycles. The molecule has 4 N–H and O–H groups in total. The summed E-state index contributed by atoms with van der Waals surface area (Å²) in [5.41, 5.74) is 6.12. The number of hydrogen-bond donors (Lipinski definition) is 3. The minimum Gasteiger partial charge on any atom is -0.508 e. The Labute approximate surface area is 104 Å². The van der Waals surface area contributed by atoms with E-state index in [9.17, 15) is 4.79 Å². The maximum atomic E-state index is 10.4. The van der Waals surface area contributed by atoms with E-state index in [1.54, 1.807) is 12.1 Å². The van der Waals surface area contributed by atoms with E-state index in [-0.39, 0.29) is 41.7 Å². The Hall–Kier alpha value is -0.550. The van der Waals surface area contributed by atoms with Crippen LogP contribution < -0.4 is 35.3 Å². The van der Waals surface area contributed by atoms with Crippen LogP contribution in [0.4, 0.5) is 0 Å². The molecule has 4 nitrogen and oxygen atoms in total. The standard InChI is InChI=1S/C9H11NO3.Na/c10-8(9(12)13)5-6-1-3-7(11)4-2-6;/h1-4,8,11H,5,10H2,(H,12,13);/q;+1/t8-;/m0./s1. The summed E-state index contributed by atoms with van der Waals surface area (Å²) < 4.78 is 0. The molecule has 0 saturated carbocycles. The van der Waals surface area contributed by atoms with Gasteiger partial charge in [0.1, 0.15) is 11.8 Å². The normalized spacial score (nSPS) is 11.5. The average molecular weight is 204 g/mol. The summed E-state index contributed by atoms with van der Waals surface area (Å²) in [5, 5.41) is 17.5. The summed E-state index contributed by atoms with van der Waals surface area (Å²) in [6.07, 6.45) is 0.273. The second kappa shape index (κ2) is 6.03. The van der Waals surface area contributed by atoms with E-state index < -0.39 is 12.0 Å². The van der Waals surface area contributed by atoms with E-state index in [1.807, 2.05) is 0 Å². The summed E-state index contributed by atoms with van der Waals surface area (Å²) in [4.78, 5) is 10.4. The molecule has 1 aromatic carbocycles. The number of benzene rings is 1. The van der Waals surface area contributed by atoms with Crippen molar-refractivity contribution in [3.05, 3.63) is 29.8 Å². The van der Waals surface area contributed by atoms with E-state index in [0.717, 1.165) is 5.56 Å². The van der Waals surface area contributed by atoms with Crippen molar-refractivity contribution in [1.29, 1.82) is 0 Å². The number of carbonyl (C=O) groups is 1. The first-order valence-corrected chi connectivity index (χ1v) is 3.86. The molecule has 0 unspecified atom stereocenters. The van der Waals surface area contributed by atoms with Crippen molar-refractivity contribution in [2.45, 2.75) is 12.5 Å². The Morgan fingerprint density at radius 3 is 2.29 bits per heavy atom. The smallest absolute Gasteiger partial charge is 0.508 e. The molecule has 5 heteroatoms. The van der Waals surface area contributed by atoms with Gasteiger partial charge in [0.15, 0.2) is 0 Å². The van der Waals surface area contributed by atoms with Crippen molar-refractivity contribution in [2.75, 3.05) is 0 Å². The van der Waals surface area contributed by atoms with Gasteiger partial charge >= 0.3 is 35.5 Å². The third-order valence-corrected chi connectivity index (χ3v) is 1.71. The molecule has 14 heavy (non-hydrogen) atoms. The third kappa shape index (κ3) is 4.11. The molecule has 70 valence electrons. The molecule has 0 aliphatic heterocycles. The number of carboxylic acids is 1. The molecule has 0 amide bonds. The first kappa shape index (κ1) is 13.4. The molecule has 0 spiro atoms. The fourth-order valence-electron chi connectivity index (χ4n) is 0.973. The maximum Gasteiger partial charge on any atom is 1.00 e. The zero-order chi connectivity index (χ0) is 9.84. The number of phenolic OH excluding ortho intramolecular Hbond substituents is 1. The quantitative estimate of drug-likeness (QED) is 0.470. The van der Waals surface area contributed by atoms with Crippen molar-refractivity contribution in [3.63, 3.8) is 0 Å². The number of hydrogen-bond acceptors (Lipinski definition) is 3. The maximum absolute atomic E-state index is 10.4. The van der Waals surface area contributed by atoms with Crippen LogP contribution in [-0.4, -0.2) is 22.2 Å². The van der Waals surface area contributed by atoms with Crippen LogP contribution in [-0.2, 0) is 11.2 Å². The van der Waals surface area contributed by atoms with Crippen molar-refractivity contribution in [1.82, 2.24) is 0 Å². The molecule has 1 atom stereocenters. The van der Waals surface area contributed by atoms with Gasteiger partial charge in [-0.3, -0.25) is 4.79 Å². The van der Waals surface area contributed by atoms with Gasteiger partial charge in [0.25, 0.3) is 0 Å². The summed E-state index contributed by atoms with van der Waals surface area (Å²) >= 11 is 0. The van der Waals surface area contributed by atoms with E-state index in [0.29, 0.717) is 0 Å². The number of carboxylic acid groups (broad SMARTS) is 1. The van der Waals surface area contributed by atoms with Crippen LogP contribution in [0.15, 0.2) is 24.3 Å². The molecule has 0 bridgehead atoms. The van der Waals surface area contributed by atoms with Gasteiger partial charge in [0, 0.05) is 0 Å². The van der Waals surface area contributed by atoms with Gasteiger partial charge in [-0.1, -0.05) is 12.1 Å². The minimum atomic E-state index is -1.02. The molecule has 1 rings (SSSR count). The van der Waals surface area contributed by atoms with Crippen molar-refractivity contribution in [2.24, 2.45) is 5.73 Å². The SMILES string of the molecule is N[C@@H](Cc1ccc(O)cc1)C(=O)O.[Na+]. The Kier molecular flexibility index (Phi) is 5.79. The van der Waals surface area contributed by atoms with Gasteiger partial charge in [-0.2, -0.15) is 0 Å². The fourth-order valence-corrected chi connectivity index (χ4v) is 0.973. The second-order valence-electron chi connectivity index (χ2n) is 2.82. The first-order chi connectivity index (χ1) is 6.09. The van der Waals surface area contributed by atoms with Crippen molar-refractivity contribution in [3.8, 4) is 5.75 Å². The Morgan fingerprint density at radius 1 is 1.36 bits per heavy atom. The molecular formula is C9H11NNaO3+. The molecule has 1 aromatic rings. The average Bonchev–Trinajstić information content (AvgIpc) is 2.08. The van der Waals surface area contributed by atoms with Crippen LogP contribution in [0.2, 0.25) is 0 Å². The van der Waals surface area contributed by atoms with Gasteiger partial charge in [0.2, 0.25) is 0 Å². The van der Waals surface area contributed by atoms with Gasteiger partial charge in [0.05, 0.1) is 0 Å². The van der Waals surface area contributed by atoms with E-state index in [2.05, 4.69) is 0 Å². The van der Waals surface area contributed by atoms with Gasteiger partial charge < -0.3 is 15.9 Å². The molecule has 0 fully saturated rings. The van der Waals surface area contributed by atoms with E-state index in [4.69, 9.17) is 15.9 Å². The topological polar surface area (TPSA) is 83.5 Å². The fraction of sp³-hybridized carbons (Fsp3) is 0.222. The summed E-state index contributed by atoms with van der Waals surface area (Å²) in [6.45, 7) is 0. The second-order valence-corrected chi connectivity index (χ2v) is 2.82. The predicted molar refractivity (Wildman–Crippen MR) is 47.4 cm³/mol. The summed E-state index contributed by atoms with van der Waals surface area (Å²) in [6, 6.07) is 5.42. The van der Waals surface area contributed by atoms with Gasteiger partial charge in [-0.15, -0.1) is 0 Å². The van der Waals surface area contributed by atoms with E-state index in [1.165, 1.54) is 12.1 Å². The van der Waals surface area contributed by atoms with Crippen LogP contribution in [0.5, 0.6) is 5.75 Å². The summed E-state index contributed by atoms with van der Waals surface area (Å²) in [5.74, 6) is -0.860. The first-order valence-electron chi connectivity index (χ1n) is 3.86. The molecule has 0 aliphatic carbocycles. The van der Waals surface area contributed by atoms with Gasteiger partial charge in [-0.25, -0.2) is 0 Å². The van der Waals surface area contributed by atoms with Crippen LogP contribution in [0.1, 0.15) is 5.56 Å². The number of aliphatic carboxylic acids is 1. The number of rotatable bonds is 3. The Bertz CT molecular complexity index is 299. The summed E-state index contributed by atoms with van der Waals surface area (Å²) in [7, 11) is 0. The predicted octanol–water partition coefficient (Wildman–Crippen LogP) is -2.65. The zero-order valence-corrected chi connectivity index (χ0v) is 9.97. The number of nitrogens with two attached hydrogens (primary N) is 1. The monoisotopic (exact) mass is 204 g/mol. The van der Waals surface area contributed by atoms with Crippen molar-refractivity contribution < 1.29 is 44.6 Å². The largest absolute Gasteiger partial charge is 1.00 e. The van der Waals surface area contributed by atoms with Crippen LogP contribution in [0.25, 0.3) is 0 Å². The number of aromatic hydroxyl groups is 1. The van der Waals surface area contributed by atoms with Gasteiger partial charge in [-0.05, 0) is 24.1 Å². The Balaban J connectivity index is 0.00000169. The minimum absolute atomic E-state index is 0. The molecular weight excluding hydrogens is 193 g/mol. The van der Waals surface area contributed by atoms with Crippen LogP contribution in [0.3, 0.4) is 0 Å². The van der Waals surface area contributed by atoms with Crippen LogP contribution in [0, 0.1) is 0 Å². The van der Waals surface area contributed by atoms with E-state index >= 15 is 0 Å². The zero-order valence-electron chi connectivity index (χ0n) is 7.97. The van der Waals surface area contributed by atoms with Crippen LogP contribution >= 0.6 is 0 Å². The molecule has 0 radical (unpaired) electrons. The third-order valence-electron chi connectivity index (χ3n) is 1.71. The molecule has 0 aliphatic rings. The van der Waals surface area contributed by atoms with Crippen molar-refractivity contribution >= 4 is 5.97 Å².